The molecule has 0 spiro atoms. The molecule has 158 valence electrons. The molecule has 8 nitrogen and oxygen atoms in total. The van der Waals surface area contributed by atoms with Crippen LogP contribution < -0.4 is 5.32 Å². The van der Waals surface area contributed by atoms with Gasteiger partial charge in [-0.3, -0.25) is 0 Å². The second kappa shape index (κ2) is 9.82. The number of hydrogen-bond acceptors (Lipinski definition) is 5. The number of carbonyl (C=O) groups excluding carboxylic acids is 2. The third-order valence-electron chi connectivity index (χ3n) is 4.72. The molecule has 0 aromatic carbocycles. The highest BCUT2D eigenvalue weighted by molar-refractivity contribution is 5.75. The normalized spacial score (nSPS) is 20.2. The zero-order valence-electron chi connectivity index (χ0n) is 17.6. The second-order valence-electron chi connectivity index (χ2n) is 8.07. The topological polar surface area (TPSA) is 84.2 Å². The molecule has 0 radical (unpaired) electrons. The van der Waals surface area contributed by atoms with Gasteiger partial charge < -0.3 is 29.0 Å². The van der Waals surface area contributed by atoms with Gasteiger partial charge in [-0.25, -0.2) is 9.59 Å². The number of hydrogen-bond donors (Lipinski definition) is 1. The molecule has 0 unspecified atom stereocenters. The van der Waals surface area contributed by atoms with Gasteiger partial charge in [-0.2, -0.15) is 0 Å². The Kier molecular flexibility index (Phi) is 7.74. The average molecular weight is 396 g/mol. The summed E-state index contributed by atoms with van der Waals surface area (Å²) in [5, 5.41) is 2.93. The number of ether oxygens (including phenoxy) is 2. The van der Waals surface area contributed by atoms with E-state index in [0.29, 0.717) is 39.3 Å². The molecule has 2 heterocycles. The van der Waals surface area contributed by atoms with Crippen LogP contribution in [-0.4, -0.2) is 65.9 Å². The van der Waals surface area contributed by atoms with E-state index < -0.39 is 5.60 Å². The average Bonchev–Trinajstić information content (AvgIpc) is 3.11. The molecule has 1 fully saturated rings. The third kappa shape index (κ3) is 6.44. The lowest BCUT2D eigenvalue weighted by atomic mass is 10.1. The van der Waals surface area contributed by atoms with E-state index in [1.807, 2.05) is 46.8 Å². The van der Waals surface area contributed by atoms with Crippen molar-refractivity contribution in [2.75, 3.05) is 26.2 Å². The highest BCUT2D eigenvalue weighted by Crippen LogP contribution is 2.20. The summed E-state index contributed by atoms with van der Waals surface area (Å²) < 4.78 is 16.2. The summed E-state index contributed by atoms with van der Waals surface area (Å²) in [5.74, 6) is 0.787. The Hall–Kier alpha value is -2.22. The fourth-order valence-electron chi connectivity index (χ4n) is 3.05. The number of carbonyl (C=O) groups is 2. The van der Waals surface area contributed by atoms with Crippen LogP contribution in [0.15, 0.2) is 22.8 Å². The quantitative estimate of drug-likeness (QED) is 0.748. The lowest BCUT2D eigenvalue weighted by molar-refractivity contribution is -0.00547. The Morgan fingerprint density at radius 1 is 1.21 bits per heavy atom. The summed E-state index contributed by atoms with van der Waals surface area (Å²) >= 11 is 0. The Labute approximate surface area is 167 Å². The third-order valence-corrected chi connectivity index (χ3v) is 4.72. The number of nitrogens with one attached hydrogen (secondary N) is 1. The Balaban J connectivity index is 1.70. The first kappa shape index (κ1) is 22.1. The monoisotopic (exact) mass is 395 g/mol. The molecule has 1 aromatic rings. The van der Waals surface area contributed by atoms with Crippen LogP contribution in [0.5, 0.6) is 0 Å². The first-order valence-corrected chi connectivity index (χ1v) is 9.83. The van der Waals surface area contributed by atoms with Crippen LogP contribution in [0, 0.1) is 0 Å². The van der Waals surface area contributed by atoms with Crippen molar-refractivity contribution < 1.29 is 23.5 Å². The molecule has 28 heavy (non-hydrogen) atoms. The molecular weight excluding hydrogens is 362 g/mol. The van der Waals surface area contributed by atoms with E-state index in [2.05, 4.69) is 5.32 Å². The van der Waals surface area contributed by atoms with Crippen molar-refractivity contribution in [3.8, 4) is 0 Å². The zero-order chi connectivity index (χ0) is 20.7. The van der Waals surface area contributed by atoms with Crippen molar-refractivity contribution in [2.45, 2.75) is 65.3 Å². The van der Waals surface area contributed by atoms with Crippen LogP contribution in [0.3, 0.4) is 0 Å². The fraction of sp³-hybridized carbons (Fsp3) is 0.700. The standard InChI is InChI=1S/C20H33N3O5/c1-15-16(2)23(19(25)28-20(3,4)5)11-10-22(15)18(24)21-9-7-12-26-14-17-8-6-13-27-17/h6,8,13,15-16H,7,9-12,14H2,1-5H3,(H,21,24)/t15-,16-/m0/s1. The van der Waals surface area contributed by atoms with E-state index in [1.165, 1.54) is 0 Å². The van der Waals surface area contributed by atoms with Crippen LogP contribution in [0.1, 0.15) is 46.8 Å². The number of rotatable bonds is 6. The van der Waals surface area contributed by atoms with Gasteiger partial charge in [0.05, 0.1) is 18.3 Å². The number of amides is 3. The van der Waals surface area contributed by atoms with E-state index in [4.69, 9.17) is 13.9 Å². The molecule has 0 saturated carbocycles. The Morgan fingerprint density at radius 3 is 2.54 bits per heavy atom. The molecule has 3 amide bonds. The van der Waals surface area contributed by atoms with Gasteiger partial charge >= 0.3 is 12.1 Å². The van der Waals surface area contributed by atoms with Crippen LogP contribution in [0.2, 0.25) is 0 Å². The molecule has 1 aromatic heterocycles. The van der Waals surface area contributed by atoms with Gasteiger partial charge in [-0.05, 0) is 53.2 Å². The van der Waals surface area contributed by atoms with Crippen molar-refractivity contribution in [2.24, 2.45) is 0 Å². The van der Waals surface area contributed by atoms with Gasteiger partial charge in [-0.1, -0.05) is 0 Å². The molecule has 1 aliphatic rings. The molecule has 0 aliphatic carbocycles. The van der Waals surface area contributed by atoms with E-state index in [-0.39, 0.29) is 24.2 Å². The Morgan fingerprint density at radius 2 is 1.89 bits per heavy atom. The van der Waals surface area contributed by atoms with Crippen molar-refractivity contribution in [1.82, 2.24) is 15.1 Å². The van der Waals surface area contributed by atoms with Crippen molar-refractivity contribution in [3.63, 3.8) is 0 Å². The maximum atomic E-state index is 12.5. The lowest BCUT2D eigenvalue weighted by Crippen LogP contribution is -2.62. The Bertz CT molecular complexity index is 626. The van der Waals surface area contributed by atoms with Gasteiger partial charge in [0.1, 0.15) is 18.0 Å². The first-order valence-electron chi connectivity index (χ1n) is 9.83. The van der Waals surface area contributed by atoms with Crippen molar-refractivity contribution >= 4 is 12.1 Å². The number of urea groups is 1. The SMILES string of the molecule is C[C@H]1[C@H](C)N(C(=O)OC(C)(C)C)CCN1C(=O)NCCCOCc1ccco1. The van der Waals surface area contributed by atoms with Crippen LogP contribution in [0.25, 0.3) is 0 Å². The first-order chi connectivity index (χ1) is 13.2. The predicted molar refractivity (Wildman–Crippen MR) is 105 cm³/mol. The number of furan rings is 1. The van der Waals surface area contributed by atoms with Crippen molar-refractivity contribution in [3.05, 3.63) is 24.2 Å². The highest BCUT2D eigenvalue weighted by atomic mass is 16.6. The summed E-state index contributed by atoms with van der Waals surface area (Å²) in [5.41, 5.74) is -0.534. The molecule has 1 saturated heterocycles. The molecule has 1 aliphatic heterocycles. The summed E-state index contributed by atoms with van der Waals surface area (Å²) in [6.45, 7) is 11.9. The fourth-order valence-corrected chi connectivity index (χ4v) is 3.05. The van der Waals surface area contributed by atoms with E-state index in [0.717, 1.165) is 5.76 Å². The minimum atomic E-state index is -0.534. The summed E-state index contributed by atoms with van der Waals surface area (Å²) in [4.78, 5) is 28.3. The summed E-state index contributed by atoms with van der Waals surface area (Å²) in [7, 11) is 0. The van der Waals surface area contributed by atoms with Gasteiger partial charge in [-0.15, -0.1) is 0 Å². The summed E-state index contributed by atoms with van der Waals surface area (Å²) in [6.07, 6.45) is 2.00. The van der Waals surface area contributed by atoms with Gasteiger partial charge in [0.2, 0.25) is 0 Å². The van der Waals surface area contributed by atoms with Crippen LogP contribution in [0.4, 0.5) is 9.59 Å². The smallest absolute Gasteiger partial charge is 0.410 e. The molecular formula is C20H33N3O5. The molecule has 8 heteroatoms. The highest BCUT2D eigenvalue weighted by Gasteiger charge is 2.37. The van der Waals surface area contributed by atoms with E-state index in [1.54, 1.807) is 16.1 Å². The summed E-state index contributed by atoms with van der Waals surface area (Å²) in [6, 6.07) is 3.35. The molecule has 2 rings (SSSR count). The van der Waals surface area contributed by atoms with Gasteiger partial charge in [0.25, 0.3) is 0 Å². The molecule has 0 bridgehead atoms. The lowest BCUT2D eigenvalue weighted by Gasteiger charge is -2.44. The predicted octanol–water partition coefficient (Wildman–Crippen LogP) is 3.23. The van der Waals surface area contributed by atoms with Crippen LogP contribution in [-0.2, 0) is 16.1 Å². The van der Waals surface area contributed by atoms with E-state index in [9.17, 15) is 9.59 Å². The largest absolute Gasteiger partial charge is 0.467 e. The maximum Gasteiger partial charge on any atom is 0.410 e. The molecule has 1 N–H and O–H groups in total. The van der Waals surface area contributed by atoms with Crippen molar-refractivity contribution in [1.29, 1.82) is 0 Å². The van der Waals surface area contributed by atoms with E-state index >= 15 is 0 Å². The number of piperazine rings is 1. The maximum absolute atomic E-state index is 12.5. The molecule has 2 atom stereocenters. The zero-order valence-corrected chi connectivity index (χ0v) is 17.6. The minimum Gasteiger partial charge on any atom is -0.467 e. The van der Waals surface area contributed by atoms with Crippen LogP contribution >= 0.6 is 0 Å². The van der Waals surface area contributed by atoms with Gasteiger partial charge in [0.15, 0.2) is 0 Å². The minimum absolute atomic E-state index is 0.100. The second-order valence-corrected chi connectivity index (χ2v) is 8.07. The van der Waals surface area contributed by atoms with Gasteiger partial charge in [0, 0.05) is 26.2 Å². The number of nitrogens with zero attached hydrogens (tertiary/aromatic N) is 2.